The summed E-state index contributed by atoms with van der Waals surface area (Å²) in [6.45, 7) is 0. The number of nitrogens with one attached hydrogen (secondary N) is 4. The molecule has 0 spiro atoms. The summed E-state index contributed by atoms with van der Waals surface area (Å²) in [7, 11) is -3.17. The van der Waals surface area contributed by atoms with E-state index in [0.29, 0.717) is 11.4 Å². The van der Waals surface area contributed by atoms with Crippen LogP contribution in [0, 0.1) is 0 Å². The summed E-state index contributed by atoms with van der Waals surface area (Å²) in [5, 5.41) is 23.4. The maximum Gasteiger partial charge on any atom is 0.335 e. The smallest absolute Gasteiger partial charge is 0.335 e. The molecule has 0 aliphatic carbocycles. The van der Waals surface area contributed by atoms with Gasteiger partial charge in [-0.25, -0.2) is 26.4 Å². The Labute approximate surface area is 408 Å². The highest BCUT2D eigenvalue weighted by atomic mass is 35.5. The third-order valence-corrected chi connectivity index (χ3v) is 13.3. The van der Waals surface area contributed by atoms with Crippen LogP contribution in [-0.4, -0.2) is 79.2 Å². The average molecular weight is 1050 g/mol. The van der Waals surface area contributed by atoms with Crippen molar-refractivity contribution < 1.29 is 65.2 Å². The molecule has 2 amide bonds. The van der Waals surface area contributed by atoms with E-state index in [0.717, 1.165) is 0 Å². The number of carbonyl (C=O) groups excluding carboxylic acids is 2. The van der Waals surface area contributed by atoms with Crippen molar-refractivity contribution in [2.75, 3.05) is 48.5 Å². The predicted molar refractivity (Wildman–Crippen MR) is 256 cm³/mol. The van der Waals surface area contributed by atoms with Crippen molar-refractivity contribution in [3.63, 3.8) is 0 Å². The molecule has 0 atom stereocenters. The number of anilines is 4. The van der Waals surface area contributed by atoms with Crippen molar-refractivity contribution >= 4 is 113 Å². The SMILES string of the molecule is COc1cc(C(=O)Nc2ccc(C(=O)O)cc2)cc(NS(=O)(=O)c2cc(Cl)ccc2Cl)c1OC.COc1cc(C(=O)Nc2ccc(C(=O)O)cc2)cc(NS(=O)(=O)c2cc(Cl)ccc2Cl)c1OC. The molecule has 24 heteroatoms. The third-order valence-electron chi connectivity index (χ3n) is 9.12. The fourth-order valence-corrected chi connectivity index (χ4v) is 9.54. The summed E-state index contributed by atoms with van der Waals surface area (Å²) < 4.78 is 77.8. The molecule has 0 saturated carbocycles. The number of sulfonamides is 2. The highest BCUT2D eigenvalue weighted by molar-refractivity contribution is 7.93. The zero-order chi connectivity index (χ0) is 50.1. The monoisotopic (exact) mass is 1050 g/mol. The zero-order valence-electron chi connectivity index (χ0n) is 35.5. The third kappa shape index (κ3) is 12.7. The Morgan fingerprint density at radius 1 is 0.456 bits per heavy atom. The van der Waals surface area contributed by atoms with Crippen LogP contribution in [-0.2, 0) is 20.0 Å². The second-order valence-electron chi connectivity index (χ2n) is 13.6. The van der Waals surface area contributed by atoms with Crippen molar-refractivity contribution in [2.24, 2.45) is 0 Å². The normalized spacial score (nSPS) is 10.9. The van der Waals surface area contributed by atoms with Crippen molar-refractivity contribution in [2.45, 2.75) is 9.79 Å². The second-order valence-corrected chi connectivity index (χ2v) is 18.5. The maximum absolute atomic E-state index is 13.0. The van der Waals surface area contributed by atoms with Gasteiger partial charge in [-0.05, 0) is 109 Å². The van der Waals surface area contributed by atoms with E-state index in [9.17, 15) is 36.0 Å². The van der Waals surface area contributed by atoms with Crippen molar-refractivity contribution in [1.82, 2.24) is 0 Å². The van der Waals surface area contributed by atoms with Gasteiger partial charge in [0.25, 0.3) is 31.9 Å². The number of aromatic carboxylic acids is 2. The van der Waals surface area contributed by atoms with E-state index in [2.05, 4.69) is 20.1 Å². The lowest BCUT2D eigenvalue weighted by atomic mass is 10.1. The molecule has 18 nitrogen and oxygen atoms in total. The molecule has 6 N–H and O–H groups in total. The average Bonchev–Trinajstić information content (AvgIpc) is 3.30. The highest BCUT2D eigenvalue weighted by Crippen LogP contribution is 2.40. The number of benzene rings is 6. The molecule has 68 heavy (non-hydrogen) atoms. The van der Waals surface area contributed by atoms with E-state index in [-0.39, 0.29) is 86.5 Å². The molecular weight excluding hydrogens is 1010 g/mol. The minimum atomic E-state index is -4.23. The first-order valence-electron chi connectivity index (χ1n) is 18.9. The Kier molecular flexibility index (Phi) is 17.0. The highest BCUT2D eigenvalue weighted by Gasteiger charge is 2.26. The number of carbonyl (C=O) groups is 4. The van der Waals surface area contributed by atoms with Crippen LogP contribution in [0.25, 0.3) is 0 Å². The standard InChI is InChI=1S/2C22H18Cl2N2O7S/c2*1-32-18-10-13(21(27)25-15-6-3-12(4-7-15)22(28)29)9-17(20(18)33-2)26-34(30,31)19-11-14(23)5-8-16(19)24/h2*3-11,26H,1-2H3,(H,25,27)(H,28,29). The van der Waals surface area contributed by atoms with E-state index in [1.807, 2.05) is 0 Å². The van der Waals surface area contributed by atoms with Gasteiger partial charge in [0.2, 0.25) is 0 Å². The zero-order valence-corrected chi connectivity index (χ0v) is 40.2. The minimum Gasteiger partial charge on any atom is -0.493 e. The van der Waals surface area contributed by atoms with Crippen molar-refractivity contribution in [3.05, 3.63) is 152 Å². The van der Waals surface area contributed by atoms with Gasteiger partial charge in [0.05, 0.1) is 61.0 Å². The minimum absolute atomic E-state index is 0.0339. The number of amides is 2. The first-order chi connectivity index (χ1) is 32.1. The summed E-state index contributed by atoms with van der Waals surface area (Å²) in [6.07, 6.45) is 0. The molecule has 0 radical (unpaired) electrons. The largest absolute Gasteiger partial charge is 0.493 e. The van der Waals surface area contributed by atoms with Gasteiger partial charge < -0.3 is 39.8 Å². The molecular formula is C44H36Cl4N4O14S2. The molecule has 0 aliphatic rings. The van der Waals surface area contributed by atoms with Gasteiger partial charge in [-0.3, -0.25) is 19.0 Å². The van der Waals surface area contributed by atoms with E-state index >= 15 is 0 Å². The van der Waals surface area contributed by atoms with Gasteiger partial charge in [-0.1, -0.05) is 46.4 Å². The molecule has 6 aromatic rings. The second kappa shape index (κ2) is 22.2. The molecule has 6 aromatic carbocycles. The number of hydrogen-bond acceptors (Lipinski definition) is 12. The van der Waals surface area contributed by atoms with Crippen LogP contribution in [0.15, 0.2) is 119 Å². The van der Waals surface area contributed by atoms with Crippen LogP contribution in [0.3, 0.4) is 0 Å². The number of rotatable bonds is 16. The van der Waals surface area contributed by atoms with Gasteiger partial charge in [0.15, 0.2) is 23.0 Å². The molecule has 0 fully saturated rings. The molecule has 0 aromatic heterocycles. The number of methoxy groups -OCH3 is 4. The number of hydrogen-bond donors (Lipinski definition) is 6. The Morgan fingerprint density at radius 3 is 1.09 bits per heavy atom. The predicted octanol–water partition coefficient (Wildman–Crippen LogP) is 9.52. The van der Waals surface area contributed by atoms with Crippen LogP contribution in [0.5, 0.6) is 23.0 Å². The Balaban J connectivity index is 0.000000254. The molecule has 0 saturated heterocycles. The van der Waals surface area contributed by atoms with E-state index in [1.54, 1.807) is 0 Å². The summed E-state index contributed by atoms with van der Waals surface area (Å²) in [5.41, 5.74) is 0.689. The number of carboxylic acids is 2. The molecule has 0 bridgehead atoms. The summed E-state index contributed by atoms with van der Waals surface area (Å²) in [6, 6.07) is 24.2. The van der Waals surface area contributed by atoms with Crippen LogP contribution < -0.4 is 39.0 Å². The number of ether oxygens (including phenoxy) is 4. The quantitative estimate of drug-likeness (QED) is 0.0527. The molecule has 0 aliphatic heterocycles. The molecule has 0 heterocycles. The topological polar surface area (TPSA) is 262 Å². The molecule has 356 valence electrons. The van der Waals surface area contributed by atoms with Crippen LogP contribution in [0.1, 0.15) is 41.4 Å². The van der Waals surface area contributed by atoms with Crippen LogP contribution >= 0.6 is 46.4 Å². The maximum atomic E-state index is 13.0. The first-order valence-corrected chi connectivity index (χ1v) is 23.4. The fourth-order valence-electron chi connectivity index (χ4n) is 5.91. The van der Waals surface area contributed by atoms with Crippen LogP contribution in [0.4, 0.5) is 22.7 Å². The Hall–Kier alpha value is -6.94. The van der Waals surface area contributed by atoms with Gasteiger partial charge in [0.1, 0.15) is 9.79 Å². The van der Waals surface area contributed by atoms with Crippen molar-refractivity contribution in [3.8, 4) is 23.0 Å². The Bertz CT molecular complexity index is 2930. The Morgan fingerprint density at radius 2 is 0.794 bits per heavy atom. The van der Waals surface area contributed by atoms with Crippen molar-refractivity contribution in [1.29, 1.82) is 0 Å². The molecule has 6 rings (SSSR count). The number of halogens is 4. The van der Waals surface area contributed by atoms with Gasteiger partial charge >= 0.3 is 11.9 Å². The fraction of sp³-hybridized carbons (Fsp3) is 0.0909. The van der Waals surface area contributed by atoms with Crippen LogP contribution in [0.2, 0.25) is 20.1 Å². The van der Waals surface area contributed by atoms with E-state index < -0.39 is 43.8 Å². The summed E-state index contributed by atoms with van der Waals surface area (Å²) in [4.78, 5) is 47.2. The first kappa shape index (κ1) is 52.0. The lowest BCUT2D eigenvalue weighted by Gasteiger charge is -2.17. The van der Waals surface area contributed by atoms with E-state index in [4.69, 9.17) is 75.6 Å². The van der Waals surface area contributed by atoms with Gasteiger partial charge in [-0.15, -0.1) is 0 Å². The van der Waals surface area contributed by atoms with Gasteiger partial charge in [-0.2, -0.15) is 0 Å². The summed E-state index contributed by atoms with van der Waals surface area (Å²) >= 11 is 23.9. The lowest BCUT2D eigenvalue weighted by molar-refractivity contribution is 0.0686. The van der Waals surface area contributed by atoms with Gasteiger partial charge in [0, 0.05) is 32.5 Å². The molecule has 0 unspecified atom stereocenters. The number of carboxylic acid groups (broad SMARTS) is 2. The lowest BCUT2D eigenvalue weighted by Crippen LogP contribution is -2.17. The summed E-state index contributed by atoms with van der Waals surface area (Å²) in [5.74, 6) is -3.17. The van der Waals surface area contributed by atoms with E-state index in [1.165, 1.54) is 138 Å².